The van der Waals surface area contributed by atoms with Crippen molar-refractivity contribution in [3.8, 4) is 11.5 Å². The van der Waals surface area contributed by atoms with Crippen molar-refractivity contribution >= 4 is 5.78 Å². The van der Waals surface area contributed by atoms with Crippen LogP contribution in [0.3, 0.4) is 0 Å². The highest BCUT2D eigenvalue weighted by Crippen LogP contribution is 2.41. The summed E-state index contributed by atoms with van der Waals surface area (Å²) in [7, 11) is 0. The Kier molecular flexibility index (Phi) is 2.10. The number of ketones is 1. The van der Waals surface area contributed by atoms with Gasteiger partial charge < -0.3 is 9.47 Å². The fourth-order valence-electron chi connectivity index (χ4n) is 1.33. The molecule has 1 aromatic carbocycles. The molecule has 3 nitrogen and oxygen atoms in total. The molecular weight excluding hydrogens is 206 g/mol. The topological polar surface area (TPSA) is 35.5 Å². The van der Waals surface area contributed by atoms with Gasteiger partial charge in [-0.25, -0.2) is 0 Å². The molecule has 1 aliphatic rings. The van der Waals surface area contributed by atoms with Crippen LogP contribution in [0.4, 0.5) is 8.78 Å². The van der Waals surface area contributed by atoms with Crippen LogP contribution in [0.1, 0.15) is 23.7 Å². The number of fused-ring (bicyclic) bond motifs is 1. The first-order valence-corrected chi connectivity index (χ1v) is 4.45. The van der Waals surface area contributed by atoms with E-state index in [0.29, 0.717) is 12.0 Å². The van der Waals surface area contributed by atoms with Gasteiger partial charge >= 0.3 is 6.29 Å². The fourth-order valence-corrected chi connectivity index (χ4v) is 1.33. The summed E-state index contributed by atoms with van der Waals surface area (Å²) < 4.78 is 33.7. The average Bonchev–Trinajstić information content (AvgIpc) is 2.49. The molecule has 0 fully saturated rings. The average molecular weight is 214 g/mol. The molecule has 0 saturated carbocycles. The number of carbonyl (C=O) groups excluding carboxylic acids is 1. The highest BCUT2D eigenvalue weighted by molar-refractivity contribution is 5.96. The Bertz CT molecular complexity index is 415. The van der Waals surface area contributed by atoms with Crippen molar-refractivity contribution in [1.29, 1.82) is 0 Å². The molecular formula is C10H8F2O3. The maximum absolute atomic E-state index is 12.6. The Balaban J connectivity index is 2.34. The summed E-state index contributed by atoms with van der Waals surface area (Å²) in [6.45, 7) is 1.70. The summed E-state index contributed by atoms with van der Waals surface area (Å²) in [5.74, 6) is -0.274. The van der Waals surface area contributed by atoms with E-state index in [9.17, 15) is 13.6 Å². The lowest BCUT2D eigenvalue weighted by atomic mass is 10.1. The number of benzene rings is 1. The maximum atomic E-state index is 12.6. The summed E-state index contributed by atoms with van der Waals surface area (Å²) in [5, 5.41) is 0. The van der Waals surface area contributed by atoms with E-state index in [0.717, 1.165) is 0 Å². The van der Waals surface area contributed by atoms with E-state index < -0.39 is 6.29 Å². The standard InChI is InChI=1S/C10H8F2O3/c1-2-7(13)6-3-4-8-9(5-6)15-10(11,12)14-8/h3-5H,2H2,1H3. The molecule has 2 rings (SSSR count). The Morgan fingerprint density at radius 3 is 2.67 bits per heavy atom. The normalized spacial score (nSPS) is 16.5. The van der Waals surface area contributed by atoms with Crippen LogP contribution in [0, 0.1) is 0 Å². The van der Waals surface area contributed by atoms with Crippen molar-refractivity contribution in [2.24, 2.45) is 0 Å². The maximum Gasteiger partial charge on any atom is 0.586 e. The van der Waals surface area contributed by atoms with Gasteiger partial charge in [-0.3, -0.25) is 4.79 Å². The second-order valence-electron chi connectivity index (χ2n) is 3.11. The van der Waals surface area contributed by atoms with Crippen molar-refractivity contribution in [3.63, 3.8) is 0 Å². The predicted octanol–water partition coefficient (Wildman–Crippen LogP) is 2.60. The summed E-state index contributed by atoms with van der Waals surface area (Å²) >= 11 is 0. The SMILES string of the molecule is CCC(=O)c1ccc2c(c1)OC(F)(F)O2. The molecule has 0 saturated heterocycles. The van der Waals surface area contributed by atoms with Crippen LogP contribution in [-0.4, -0.2) is 12.1 Å². The van der Waals surface area contributed by atoms with Gasteiger partial charge in [0.25, 0.3) is 0 Å². The van der Waals surface area contributed by atoms with E-state index in [1.54, 1.807) is 6.92 Å². The van der Waals surface area contributed by atoms with Gasteiger partial charge in [0.15, 0.2) is 17.3 Å². The summed E-state index contributed by atoms with van der Waals surface area (Å²) in [6, 6.07) is 4.01. The molecule has 1 aliphatic heterocycles. The molecule has 0 atom stereocenters. The number of hydrogen-bond donors (Lipinski definition) is 0. The predicted molar refractivity (Wildman–Crippen MR) is 47.3 cm³/mol. The van der Waals surface area contributed by atoms with E-state index in [1.807, 2.05) is 0 Å². The summed E-state index contributed by atoms with van der Waals surface area (Å²) in [6.07, 6.45) is -3.31. The van der Waals surface area contributed by atoms with Crippen LogP contribution in [-0.2, 0) is 0 Å². The lowest BCUT2D eigenvalue weighted by Crippen LogP contribution is -2.25. The van der Waals surface area contributed by atoms with E-state index in [4.69, 9.17) is 0 Å². The molecule has 0 N–H and O–H groups in total. The highest BCUT2D eigenvalue weighted by atomic mass is 19.3. The monoisotopic (exact) mass is 214 g/mol. The molecule has 5 heteroatoms. The minimum absolute atomic E-state index is 0.0485. The first-order valence-electron chi connectivity index (χ1n) is 4.45. The van der Waals surface area contributed by atoms with Crippen molar-refractivity contribution in [2.75, 3.05) is 0 Å². The Morgan fingerprint density at radius 1 is 1.33 bits per heavy atom. The van der Waals surface area contributed by atoms with Crippen molar-refractivity contribution in [2.45, 2.75) is 19.6 Å². The van der Waals surface area contributed by atoms with Gasteiger partial charge in [-0.1, -0.05) is 6.92 Å². The zero-order valence-electron chi connectivity index (χ0n) is 7.92. The number of carbonyl (C=O) groups is 1. The third kappa shape index (κ3) is 1.77. The zero-order chi connectivity index (χ0) is 11.1. The van der Waals surface area contributed by atoms with E-state index in [2.05, 4.69) is 9.47 Å². The fraction of sp³-hybridized carbons (Fsp3) is 0.300. The number of halogens is 2. The molecule has 0 aliphatic carbocycles. The van der Waals surface area contributed by atoms with Gasteiger partial charge in [0.05, 0.1) is 0 Å². The number of alkyl halides is 2. The second-order valence-corrected chi connectivity index (χ2v) is 3.11. The van der Waals surface area contributed by atoms with Crippen LogP contribution < -0.4 is 9.47 Å². The zero-order valence-corrected chi connectivity index (χ0v) is 7.92. The van der Waals surface area contributed by atoms with E-state index >= 15 is 0 Å². The first kappa shape index (κ1) is 9.89. The largest absolute Gasteiger partial charge is 0.586 e. The smallest absolute Gasteiger partial charge is 0.395 e. The van der Waals surface area contributed by atoms with Gasteiger partial charge in [0.1, 0.15) is 0 Å². The van der Waals surface area contributed by atoms with Crippen molar-refractivity contribution in [1.82, 2.24) is 0 Å². The molecule has 0 radical (unpaired) electrons. The van der Waals surface area contributed by atoms with Gasteiger partial charge in [0, 0.05) is 12.0 Å². The Morgan fingerprint density at radius 2 is 2.00 bits per heavy atom. The molecule has 1 heterocycles. The Hall–Kier alpha value is -1.65. The lowest BCUT2D eigenvalue weighted by molar-refractivity contribution is -0.286. The van der Waals surface area contributed by atoms with Gasteiger partial charge in [0.2, 0.25) is 0 Å². The van der Waals surface area contributed by atoms with Crippen LogP contribution in [0.5, 0.6) is 11.5 Å². The summed E-state index contributed by atoms with van der Waals surface area (Å²) in [4.78, 5) is 11.3. The summed E-state index contributed by atoms with van der Waals surface area (Å²) in [5.41, 5.74) is 0.345. The van der Waals surface area contributed by atoms with Crippen LogP contribution in [0.25, 0.3) is 0 Å². The molecule has 0 spiro atoms. The minimum Gasteiger partial charge on any atom is -0.395 e. The highest BCUT2D eigenvalue weighted by Gasteiger charge is 2.43. The second kappa shape index (κ2) is 3.18. The number of Topliss-reactive ketones (excluding diaryl/α,β-unsaturated/α-hetero) is 1. The number of hydrogen-bond acceptors (Lipinski definition) is 3. The van der Waals surface area contributed by atoms with Crippen molar-refractivity contribution < 1.29 is 23.0 Å². The molecule has 1 aromatic rings. The van der Waals surface area contributed by atoms with Crippen LogP contribution >= 0.6 is 0 Å². The quantitative estimate of drug-likeness (QED) is 0.710. The van der Waals surface area contributed by atoms with Crippen molar-refractivity contribution in [3.05, 3.63) is 23.8 Å². The van der Waals surface area contributed by atoms with Gasteiger partial charge in [-0.15, -0.1) is 8.78 Å². The van der Waals surface area contributed by atoms with Crippen LogP contribution in [0.2, 0.25) is 0 Å². The number of ether oxygens (including phenoxy) is 2. The molecule has 15 heavy (non-hydrogen) atoms. The lowest BCUT2D eigenvalue weighted by Gasteiger charge is -2.04. The van der Waals surface area contributed by atoms with Crippen LogP contribution in [0.15, 0.2) is 18.2 Å². The van der Waals surface area contributed by atoms with Gasteiger partial charge in [-0.05, 0) is 18.2 Å². The molecule has 0 unspecified atom stereocenters. The molecule has 0 aromatic heterocycles. The Labute approximate surface area is 84.6 Å². The minimum atomic E-state index is -3.63. The van der Waals surface area contributed by atoms with Gasteiger partial charge in [-0.2, -0.15) is 0 Å². The number of rotatable bonds is 2. The molecule has 0 amide bonds. The van der Waals surface area contributed by atoms with E-state index in [-0.39, 0.29) is 17.3 Å². The van der Waals surface area contributed by atoms with E-state index in [1.165, 1.54) is 18.2 Å². The first-order chi connectivity index (χ1) is 7.02. The third-order valence-corrected chi connectivity index (χ3v) is 2.04. The molecule has 80 valence electrons. The third-order valence-electron chi connectivity index (χ3n) is 2.04. The molecule has 0 bridgehead atoms.